The number of nitriles is 1. The molecule has 0 bridgehead atoms. The van der Waals surface area contributed by atoms with Crippen LogP contribution in [0, 0.1) is 11.3 Å². The lowest BCUT2D eigenvalue weighted by atomic mass is 9.83. The fraction of sp³-hybridized carbons (Fsp3) is 0.312. The average molecular weight is 527 g/mol. The summed E-state index contributed by atoms with van der Waals surface area (Å²) in [6, 6.07) is 22.3. The number of hydrogen-bond acceptors (Lipinski definition) is 7. The van der Waals surface area contributed by atoms with E-state index in [2.05, 4.69) is 13.0 Å². The van der Waals surface area contributed by atoms with Gasteiger partial charge in [0.25, 0.3) is 0 Å². The molecule has 0 aliphatic carbocycles. The van der Waals surface area contributed by atoms with E-state index in [1.807, 2.05) is 48.5 Å². The SMILES string of the molecule is CCCCCCCOc1ccc(C2C(C#N)=C(N)Oc3cc(OC(=O)Cc4ccccc4)ccc32)cc1OC. The maximum Gasteiger partial charge on any atom is 0.315 e. The van der Waals surface area contributed by atoms with Crippen molar-refractivity contribution in [2.75, 3.05) is 13.7 Å². The first kappa shape index (κ1) is 27.6. The van der Waals surface area contributed by atoms with Crippen molar-refractivity contribution in [3.63, 3.8) is 0 Å². The Morgan fingerprint density at radius 2 is 1.79 bits per heavy atom. The number of allylic oxidation sites excluding steroid dienone is 1. The predicted octanol–water partition coefficient (Wildman–Crippen LogP) is 6.41. The highest BCUT2D eigenvalue weighted by Crippen LogP contribution is 2.45. The fourth-order valence-electron chi connectivity index (χ4n) is 4.64. The minimum absolute atomic E-state index is 0.00846. The Morgan fingerprint density at radius 1 is 1.00 bits per heavy atom. The van der Waals surface area contributed by atoms with Crippen LogP contribution in [0.25, 0.3) is 0 Å². The third-order valence-electron chi connectivity index (χ3n) is 6.64. The normalized spacial score (nSPS) is 14.1. The van der Waals surface area contributed by atoms with E-state index in [4.69, 9.17) is 24.7 Å². The molecule has 1 unspecified atom stereocenters. The van der Waals surface area contributed by atoms with Crippen molar-refractivity contribution < 1.29 is 23.7 Å². The third kappa shape index (κ3) is 6.91. The van der Waals surface area contributed by atoms with Crippen molar-refractivity contribution in [3.8, 4) is 29.1 Å². The molecule has 0 aromatic heterocycles. The molecule has 2 N–H and O–H groups in total. The molecule has 0 radical (unpaired) electrons. The van der Waals surface area contributed by atoms with Crippen LogP contribution in [0.2, 0.25) is 0 Å². The molecule has 0 spiro atoms. The molecule has 3 aromatic rings. The summed E-state index contributed by atoms with van der Waals surface area (Å²) in [4.78, 5) is 12.5. The molecule has 39 heavy (non-hydrogen) atoms. The lowest BCUT2D eigenvalue weighted by Gasteiger charge is -2.27. The average Bonchev–Trinajstić information content (AvgIpc) is 2.94. The Balaban J connectivity index is 1.54. The maximum atomic E-state index is 12.5. The zero-order valence-corrected chi connectivity index (χ0v) is 22.4. The summed E-state index contributed by atoms with van der Waals surface area (Å²) in [6.07, 6.45) is 5.91. The summed E-state index contributed by atoms with van der Waals surface area (Å²) in [6.45, 7) is 2.81. The summed E-state index contributed by atoms with van der Waals surface area (Å²) in [5.74, 6) is 1.13. The monoisotopic (exact) mass is 526 g/mol. The second-order valence-corrected chi connectivity index (χ2v) is 9.43. The van der Waals surface area contributed by atoms with E-state index >= 15 is 0 Å². The lowest BCUT2D eigenvalue weighted by molar-refractivity contribution is -0.133. The van der Waals surface area contributed by atoms with E-state index in [0.29, 0.717) is 35.2 Å². The number of ether oxygens (including phenoxy) is 4. The Labute approximate surface area is 229 Å². The Kier molecular flexibility index (Phi) is 9.47. The number of hydrogen-bond donors (Lipinski definition) is 1. The quantitative estimate of drug-likeness (QED) is 0.165. The van der Waals surface area contributed by atoms with Gasteiger partial charge in [0, 0.05) is 11.6 Å². The molecule has 0 saturated carbocycles. The highest BCUT2D eigenvalue weighted by atomic mass is 16.5. The minimum Gasteiger partial charge on any atom is -0.493 e. The van der Waals surface area contributed by atoms with Crippen LogP contribution >= 0.6 is 0 Å². The number of rotatable bonds is 12. The second kappa shape index (κ2) is 13.4. The smallest absolute Gasteiger partial charge is 0.315 e. The van der Waals surface area contributed by atoms with Crippen LogP contribution in [0.1, 0.15) is 61.6 Å². The molecule has 1 aliphatic rings. The molecule has 3 aromatic carbocycles. The van der Waals surface area contributed by atoms with E-state index < -0.39 is 5.92 Å². The molecular formula is C32H34N2O5. The highest BCUT2D eigenvalue weighted by molar-refractivity contribution is 5.75. The zero-order valence-electron chi connectivity index (χ0n) is 22.4. The van der Waals surface area contributed by atoms with Crippen molar-refractivity contribution in [2.24, 2.45) is 5.73 Å². The van der Waals surface area contributed by atoms with E-state index in [0.717, 1.165) is 29.5 Å². The first-order valence-electron chi connectivity index (χ1n) is 13.3. The number of carbonyl (C=O) groups excluding carboxylic acids is 1. The number of methoxy groups -OCH3 is 1. The Hall–Kier alpha value is -4.44. The van der Waals surface area contributed by atoms with Gasteiger partial charge in [0.2, 0.25) is 5.88 Å². The molecule has 0 fully saturated rings. The largest absolute Gasteiger partial charge is 0.493 e. The highest BCUT2D eigenvalue weighted by Gasteiger charge is 2.31. The summed E-state index contributed by atoms with van der Waals surface area (Å²) in [5, 5.41) is 9.93. The van der Waals surface area contributed by atoms with E-state index in [1.165, 1.54) is 19.3 Å². The number of nitrogens with two attached hydrogens (primary N) is 1. The van der Waals surface area contributed by atoms with Crippen LogP contribution in [0.3, 0.4) is 0 Å². The van der Waals surface area contributed by atoms with Crippen molar-refractivity contribution >= 4 is 5.97 Å². The van der Waals surface area contributed by atoms with Crippen molar-refractivity contribution in [2.45, 2.75) is 51.4 Å². The summed E-state index contributed by atoms with van der Waals surface area (Å²) in [5.41, 5.74) is 8.87. The van der Waals surface area contributed by atoms with Crippen LogP contribution in [-0.4, -0.2) is 19.7 Å². The molecule has 7 nitrogen and oxygen atoms in total. The van der Waals surface area contributed by atoms with Gasteiger partial charge in [-0.05, 0) is 35.7 Å². The zero-order chi connectivity index (χ0) is 27.6. The lowest BCUT2D eigenvalue weighted by Crippen LogP contribution is -2.21. The Bertz CT molecular complexity index is 1360. The van der Waals surface area contributed by atoms with Gasteiger partial charge in [-0.3, -0.25) is 4.79 Å². The van der Waals surface area contributed by atoms with Gasteiger partial charge < -0.3 is 24.7 Å². The first-order valence-corrected chi connectivity index (χ1v) is 13.3. The predicted molar refractivity (Wildman–Crippen MR) is 149 cm³/mol. The van der Waals surface area contributed by atoms with Gasteiger partial charge in [-0.1, -0.05) is 75.1 Å². The van der Waals surface area contributed by atoms with Crippen LogP contribution in [0.4, 0.5) is 0 Å². The second-order valence-electron chi connectivity index (χ2n) is 9.43. The summed E-state index contributed by atoms with van der Waals surface area (Å²) < 4.78 is 23.0. The Morgan fingerprint density at radius 3 is 2.54 bits per heavy atom. The maximum absolute atomic E-state index is 12.5. The number of esters is 1. The third-order valence-corrected chi connectivity index (χ3v) is 6.64. The standard InChI is InChI=1S/C32H34N2O5/c1-3-4-5-6-10-17-37-27-16-13-23(19-29(27)36-2)31-25-15-14-24(20-28(25)39-32(34)26(31)21-33)38-30(35)18-22-11-8-7-9-12-22/h7-9,11-16,19-20,31H,3-6,10,17-18,34H2,1-2H3. The molecule has 202 valence electrons. The van der Waals surface area contributed by atoms with Gasteiger partial charge in [-0.15, -0.1) is 0 Å². The number of fused-ring (bicyclic) bond motifs is 1. The molecule has 4 rings (SSSR count). The number of benzene rings is 3. The summed E-state index contributed by atoms with van der Waals surface area (Å²) >= 11 is 0. The van der Waals surface area contributed by atoms with Crippen LogP contribution < -0.4 is 24.7 Å². The fourth-order valence-corrected chi connectivity index (χ4v) is 4.64. The van der Waals surface area contributed by atoms with Gasteiger partial charge in [0.15, 0.2) is 11.5 Å². The number of nitrogens with zero attached hydrogens (tertiary/aromatic N) is 1. The van der Waals surface area contributed by atoms with E-state index in [-0.39, 0.29) is 18.3 Å². The van der Waals surface area contributed by atoms with Crippen LogP contribution in [0.15, 0.2) is 78.2 Å². The first-order chi connectivity index (χ1) is 19.0. The molecule has 0 amide bonds. The van der Waals surface area contributed by atoms with Gasteiger partial charge >= 0.3 is 5.97 Å². The molecular weight excluding hydrogens is 492 g/mol. The van der Waals surface area contributed by atoms with Gasteiger partial charge in [-0.25, -0.2) is 0 Å². The number of carbonyl (C=O) groups is 1. The van der Waals surface area contributed by atoms with Gasteiger partial charge in [0.1, 0.15) is 23.1 Å². The minimum atomic E-state index is -0.482. The molecule has 0 saturated heterocycles. The van der Waals surface area contributed by atoms with Crippen LogP contribution in [0.5, 0.6) is 23.0 Å². The topological polar surface area (TPSA) is 104 Å². The van der Waals surface area contributed by atoms with Gasteiger partial charge in [-0.2, -0.15) is 5.26 Å². The molecule has 7 heteroatoms. The van der Waals surface area contributed by atoms with Crippen LogP contribution in [-0.2, 0) is 11.2 Å². The van der Waals surface area contributed by atoms with Crippen molar-refractivity contribution in [1.29, 1.82) is 5.26 Å². The van der Waals surface area contributed by atoms with E-state index in [1.54, 1.807) is 25.3 Å². The van der Waals surface area contributed by atoms with Gasteiger partial charge in [0.05, 0.1) is 26.1 Å². The summed E-state index contributed by atoms with van der Waals surface area (Å²) in [7, 11) is 1.59. The van der Waals surface area contributed by atoms with E-state index in [9.17, 15) is 10.1 Å². The molecule has 1 atom stereocenters. The van der Waals surface area contributed by atoms with Crippen molar-refractivity contribution in [1.82, 2.24) is 0 Å². The van der Waals surface area contributed by atoms with Crippen molar-refractivity contribution in [3.05, 3.63) is 94.9 Å². The molecule has 1 aliphatic heterocycles. The molecule has 1 heterocycles. The number of unbranched alkanes of at least 4 members (excludes halogenated alkanes) is 4.